The molecule has 0 saturated carbocycles. The molecule has 1 fully saturated rings. The van der Waals surface area contributed by atoms with Gasteiger partial charge in [0.25, 0.3) is 5.91 Å². The second-order valence-electron chi connectivity index (χ2n) is 7.43. The summed E-state index contributed by atoms with van der Waals surface area (Å²) in [7, 11) is 0. The molecule has 2 atom stereocenters. The molecule has 0 unspecified atom stereocenters. The van der Waals surface area contributed by atoms with Gasteiger partial charge in [-0.1, -0.05) is 30.3 Å². The van der Waals surface area contributed by atoms with Crippen LogP contribution < -0.4 is 5.01 Å². The Morgan fingerprint density at radius 1 is 1.04 bits per heavy atom. The number of aliphatic carboxylic acids is 1. The van der Waals surface area contributed by atoms with Crippen LogP contribution in [0.15, 0.2) is 59.7 Å². The molecular weight excluding hydrogens is 354 g/mol. The molecule has 2 heterocycles. The van der Waals surface area contributed by atoms with Crippen molar-refractivity contribution >= 4 is 23.3 Å². The molecule has 0 aromatic heterocycles. The van der Waals surface area contributed by atoms with Gasteiger partial charge in [0.05, 0.1) is 11.6 Å². The fraction of sp³-hybridized carbons (Fsp3) is 0.318. The molecule has 2 aliphatic heterocycles. The number of hydrogen-bond acceptors (Lipinski definition) is 4. The van der Waals surface area contributed by atoms with Crippen molar-refractivity contribution in [2.45, 2.75) is 19.3 Å². The average Bonchev–Trinajstić information content (AvgIpc) is 3.35. The van der Waals surface area contributed by atoms with Gasteiger partial charge in [0.15, 0.2) is 0 Å². The van der Waals surface area contributed by atoms with Crippen LogP contribution in [-0.2, 0) is 4.79 Å². The molecular formula is C22H23N3O3. The maximum atomic E-state index is 13.0. The molecule has 2 aromatic carbocycles. The molecule has 4 rings (SSSR count). The van der Waals surface area contributed by atoms with Crippen LogP contribution in [0.2, 0.25) is 0 Å². The summed E-state index contributed by atoms with van der Waals surface area (Å²) in [5.41, 5.74) is 3.59. The van der Waals surface area contributed by atoms with Crippen molar-refractivity contribution in [1.82, 2.24) is 4.90 Å². The number of carboxylic acid groups (broad SMARTS) is 1. The summed E-state index contributed by atoms with van der Waals surface area (Å²) in [5.74, 6) is -1.77. The summed E-state index contributed by atoms with van der Waals surface area (Å²) in [6.45, 7) is 3.50. The SMILES string of the molecule is CC1=NN(c2ccc(C(=O)N3C[C@H](C(=O)O)[C@H](c4ccccc4)C3)cc2)CC1. The van der Waals surface area contributed by atoms with Gasteiger partial charge < -0.3 is 10.0 Å². The van der Waals surface area contributed by atoms with E-state index in [1.54, 1.807) is 17.0 Å². The van der Waals surface area contributed by atoms with Crippen molar-refractivity contribution in [3.8, 4) is 0 Å². The van der Waals surface area contributed by atoms with Crippen molar-refractivity contribution in [2.75, 3.05) is 24.6 Å². The van der Waals surface area contributed by atoms with Crippen LogP contribution in [0.25, 0.3) is 0 Å². The van der Waals surface area contributed by atoms with Crippen LogP contribution in [-0.4, -0.2) is 47.2 Å². The highest BCUT2D eigenvalue weighted by atomic mass is 16.4. The van der Waals surface area contributed by atoms with Gasteiger partial charge in [-0.25, -0.2) is 0 Å². The van der Waals surface area contributed by atoms with Gasteiger partial charge in [0.1, 0.15) is 0 Å². The van der Waals surface area contributed by atoms with Crippen LogP contribution in [0.3, 0.4) is 0 Å². The van der Waals surface area contributed by atoms with Gasteiger partial charge in [-0.2, -0.15) is 5.10 Å². The number of benzene rings is 2. The molecule has 0 aliphatic carbocycles. The van der Waals surface area contributed by atoms with E-state index < -0.39 is 11.9 Å². The van der Waals surface area contributed by atoms with Gasteiger partial charge in [0.2, 0.25) is 0 Å². The molecule has 1 saturated heterocycles. The Hall–Kier alpha value is -3.15. The average molecular weight is 377 g/mol. The molecule has 144 valence electrons. The Morgan fingerprint density at radius 2 is 1.75 bits per heavy atom. The quantitative estimate of drug-likeness (QED) is 0.888. The zero-order chi connectivity index (χ0) is 19.7. The number of nitrogens with zero attached hydrogens (tertiary/aromatic N) is 3. The van der Waals surface area contributed by atoms with Crippen molar-refractivity contribution < 1.29 is 14.7 Å². The Bertz CT molecular complexity index is 908. The van der Waals surface area contributed by atoms with Crippen LogP contribution in [0, 0.1) is 5.92 Å². The minimum Gasteiger partial charge on any atom is -0.481 e. The largest absolute Gasteiger partial charge is 0.481 e. The first-order valence-electron chi connectivity index (χ1n) is 9.51. The summed E-state index contributed by atoms with van der Waals surface area (Å²) in [5, 5.41) is 16.0. The molecule has 28 heavy (non-hydrogen) atoms. The summed E-state index contributed by atoms with van der Waals surface area (Å²) < 4.78 is 0. The lowest BCUT2D eigenvalue weighted by molar-refractivity contribution is -0.141. The van der Waals surface area contributed by atoms with Crippen LogP contribution in [0.4, 0.5) is 5.69 Å². The molecule has 6 nitrogen and oxygen atoms in total. The first-order chi connectivity index (χ1) is 13.5. The normalized spacial score (nSPS) is 21.7. The topological polar surface area (TPSA) is 73.2 Å². The Morgan fingerprint density at radius 3 is 2.36 bits per heavy atom. The molecule has 1 N–H and O–H groups in total. The summed E-state index contributed by atoms with van der Waals surface area (Å²) in [6.07, 6.45) is 0.950. The van der Waals surface area contributed by atoms with E-state index >= 15 is 0 Å². The van der Waals surface area contributed by atoms with Gasteiger partial charge in [0, 0.05) is 43.2 Å². The number of likely N-dealkylation sites (tertiary alicyclic amines) is 1. The van der Waals surface area contributed by atoms with Gasteiger partial charge in [-0.15, -0.1) is 0 Å². The highest BCUT2D eigenvalue weighted by Gasteiger charge is 2.40. The van der Waals surface area contributed by atoms with E-state index in [2.05, 4.69) is 5.10 Å². The highest BCUT2D eigenvalue weighted by molar-refractivity contribution is 5.95. The van der Waals surface area contributed by atoms with Crippen LogP contribution >= 0.6 is 0 Å². The summed E-state index contributed by atoms with van der Waals surface area (Å²) in [6, 6.07) is 17.0. The Labute approximate surface area is 164 Å². The predicted octanol–water partition coefficient (Wildman–Crippen LogP) is 3.21. The van der Waals surface area contributed by atoms with Gasteiger partial charge >= 0.3 is 5.97 Å². The molecule has 1 amide bonds. The van der Waals surface area contributed by atoms with E-state index in [1.807, 2.05) is 54.4 Å². The maximum Gasteiger partial charge on any atom is 0.308 e. The van der Waals surface area contributed by atoms with E-state index in [-0.39, 0.29) is 18.4 Å². The fourth-order valence-electron chi connectivity index (χ4n) is 3.98. The highest BCUT2D eigenvalue weighted by Crippen LogP contribution is 2.34. The van der Waals surface area contributed by atoms with Crippen molar-refractivity contribution in [3.63, 3.8) is 0 Å². The third kappa shape index (κ3) is 3.50. The standard InChI is InChI=1S/C22H23N3O3/c1-15-11-12-25(23-15)18-9-7-17(8-10-18)21(26)24-13-19(20(14-24)22(27)28)16-5-3-2-4-6-16/h2-10,19-20H,11-14H2,1H3,(H,27,28)/t19-,20-/m0/s1. The van der Waals surface area contributed by atoms with E-state index in [9.17, 15) is 14.7 Å². The zero-order valence-electron chi connectivity index (χ0n) is 15.8. The first kappa shape index (κ1) is 18.2. The van der Waals surface area contributed by atoms with Gasteiger partial charge in [-0.05, 0) is 36.8 Å². The summed E-state index contributed by atoms with van der Waals surface area (Å²) >= 11 is 0. The van der Waals surface area contributed by atoms with E-state index in [0.29, 0.717) is 12.1 Å². The minimum absolute atomic E-state index is 0.127. The maximum absolute atomic E-state index is 13.0. The van der Waals surface area contributed by atoms with Crippen LogP contribution in [0.1, 0.15) is 35.2 Å². The Balaban J connectivity index is 1.51. The number of carboxylic acids is 1. The van der Waals surface area contributed by atoms with E-state index in [4.69, 9.17) is 0 Å². The molecule has 0 bridgehead atoms. The van der Waals surface area contributed by atoms with Crippen molar-refractivity contribution in [2.24, 2.45) is 11.0 Å². The third-order valence-electron chi connectivity index (χ3n) is 5.54. The number of anilines is 1. The lowest BCUT2D eigenvalue weighted by Gasteiger charge is -2.18. The van der Waals surface area contributed by atoms with Crippen LogP contribution in [0.5, 0.6) is 0 Å². The summed E-state index contributed by atoms with van der Waals surface area (Å²) in [4.78, 5) is 26.4. The van der Waals surface area contributed by atoms with E-state index in [0.717, 1.165) is 29.9 Å². The molecule has 2 aromatic rings. The number of carbonyl (C=O) groups excluding carboxylic acids is 1. The molecule has 2 aliphatic rings. The monoisotopic (exact) mass is 377 g/mol. The smallest absolute Gasteiger partial charge is 0.308 e. The lowest BCUT2D eigenvalue weighted by Crippen LogP contribution is -2.29. The predicted molar refractivity (Wildman–Crippen MR) is 108 cm³/mol. The lowest BCUT2D eigenvalue weighted by atomic mass is 9.89. The molecule has 0 radical (unpaired) electrons. The first-order valence-corrected chi connectivity index (χ1v) is 9.51. The van der Waals surface area contributed by atoms with Crippen molar-refractivity contribution in [3.05, 3.63) is 65.7 Å². The second-order valence-corrected chi connectivity index (χ2v) is 7.43. The Kier molecular flexibility index (Phi) is 4.86. The number of rotatable bonds is 4. The third-order valence-corrected chi connectivity index (χ3v) is 5.54. The minimum atomic E-state index is -0.859. The number of carbonyl (C=O) groups is 2. The van der Waals surface area contributed by atoms with Crippen molar-refractivity contribution in [1.29, 1.82) is 0 Å². The second kappa shape index (κ2) is 7.46. The molecule has 6 heteroatoms. The molecule has 0 spiro atoms. The zero-order valence-corrected chi connectivity index (χ0v) is 15.8. The fourth-order valence-corrected chi connectivity index (χ4v) is 3.98. The van der Waals surface area contributed by atoms with Gasteiger partial charge in [-0.3, -0.25) is 14.6 Å². The number of hydrazone groups is 1. The number of amides is 1. The number of hydrogen-bond donors (Lipinski definition) is 1. The van der Waals surface area contributed by atoms with E-state index in [1.165, 1.54) is 0 Å².